The van der Waals surface area contributed by atoms with Gasteiger partial charge in [0.05, 0.1) is 33.6 Å². The molecule has 9 heteroatoms. The fourth-order valence-corrected chi connectivity index (χ4v) is 5.73. The van der Waals surface area contributed by atoms with Gasteiger partial charge in [0.25, 0.3) is 0 Å². The summed E-state index contributed by atoms with van der Waals surface area (Å²) in [7, 11) is -3.07. The first-order chi connectivity index (χ1) is 11.9. The molecule has 0 bridgehead atoms. The van der Waals surface area contributed by atoms with Gasteiger partial charge < -0.3 is 9.67 Å². The van der Waals surface area contributed by atoms with Crippen LogP contribution in [0.4, 0.5) is 0 Å². The third kappa shape index (κ3) is 2.73. The van der Waals surface area contributed by atoms with E-state index in [0.717, 1.165) is 4.88 Å². The highest BCUT2D eigenvalue weighted by atomic mass is 32.2. The van der Waals surface area contributed by atoms with Crippen LogP contribution in [0.2, 0.25) is 0 Å². The Balaban J connectivity index is 1.98. The van der Waals surface area contributed by atoms with Crippen molar-refractivity contribution in [2.45, 2.75) is 19.4 Å². The Morgan fingerprint density at radius 2 is 2.20 bits per heavy atom. The summed E-state index contributed by atoms with van der Waals surface area (Å²) in [6, 6.07) is 5.32. The molecule has 25 heavy (non-hydrogen) atoms. The maximum atomic E-state index is 11.9. The molecule has 1 atom stereocenters. The predicted octanol–water partition coefficient (Wildman–Crippen LogP) is 2.53. The van der Waals surface area contributed by atoms with E-state index in [1.165, 1.54) is 11.3 Å². The number of pyridine rings is 1. The van der Waals surface area contributed by atoms with E-state index in [2.05, 4.69) is 9.97 Å². The van der Waals surface area contributed by atoms with Gasteiger partial charge in [-0.1, -0.05) is 6.07 Å². The zero-order chi connectivity index (χ0) is 17.8. The van der Waals surface area contributed by atoms with Crippen molar-refractivity contribution < 1.29 is 18.3 Å². The lowest BCUT2D eigenvalue weighted by Crippen LogP contribution is -2.12. The molecule has 0 aliphatic carbocycles. The molecule has 130 valence electrons. The largest absolute Gasteiger partial charge is 0.476 e. The maximum absolute atomic E-state index is 11.9. The molecular formula is C16H15N3O4S2. The Hall–Kier alpha value is -2.26. The van der Waals surface area contributed by atoms with Gasteiger partial charge in [-0.25, -0.2) is 23.2 Å². The minimum atomic E-state index is -3.07. The van der Waals surface area contributed by atoms with E-state index in [9.17, 15) is 18.3 Å². The molecule has 3 aromatic heterocycles. The molecule has 1 N–H and O–H groups in total. The number of aryl methyl sites for hydroxylation is 1. The molecule has 0 saturated carbocycles. The average Bonchev–Trinajstić information content (AvgIpc) is 3.24. The van der Waals surface area contributed by atoms with Gasteiger partial charge >= 0.3 is 5.97 Å². The predicted molar refractivity (Wildman–Crippen MR) is 94.8 cm³/mol. The Morgan fingerprint density at radius 3 is 2.80 bits per heavy atom. The molecule has 1 saturated heterocycles. The van der Waals surface area contributed by atoms with Crippen LogP contribution in [0.25, 0.3) is 21.6 Å². The summed E-state index contributed by atoms with van der Waals surface area (Å²) in [5.74, 6) is -0.346. The van der Waals surface area contributed by atoms with E-state index in [-0.39, 0.29) is 23.2 Å². The molecule has 4 heterocycles. The molecular weight excluding hydrogens is 362 g/mol. The van der Waals surface area contributed by atoms with Gasteiger partial charge in [0, 0.05) is 0 Å². The van der Waals surface area contributed by atoms with Crippen molar-refractivity contribution in [2.24, 2.45) is 0 Å². The van der Waals surface area contributed by atoms with Crippen molar-refractivity contribution in [1.82, 2.24) is 14.5 Å². The first-order valence-corrected chi connectivity index (χ1v) is 10.4. The molecule has 7 nitrogen and oxygen atoms in total. The monoisotopic (exact) mass is 377 g/mol. The Kier molecular flexibility index (Phi) is 3.66. The highest BCUT2D eigenvalue weighted by molar-refractivity contribution is 7.91. The number of carboxylic acids is 1. The molecule has 1 aliphatic heterocycles. The number of rotatable bonds is 3. The fraction of sp³-hybridized carbons (Fsp3) is 0.312. The molecule has 3 aromatic rings. The second-order valence-electron chi connectivity index (χ2n) is 6.09. The summed E-state index contributed by atoms with van der Waals surface area (Å²) in [6.45, 7) is 1.77. The number of thiophene rings is 1. The second-order valence-corrected chi connectivity index (χ2v) is 9.27. The first kappa shape index (κ1) is 16.2. The van der Waals surface area contributed by atoms with Gasteiger partial charge in [-0.15, -0.1) is 11.3 Å². The highest BCUT2D eigenvalue weighted by Gasteiger charge is 2.32. The van der Waals surface area contributed by atoms with Gasteiger partial charge in [0.1, 0.15) is 11.3 Å². The summed E-state index contributed by atoms with van der Waals surface area (Å²) in [4.78, 5) is 21.2. The topological polar surface area (TPSA) is 102 Å². The van der Waals surface area contributed by atoms with Crippen LogP contribution in [0.15, 0.2) is 23.6 Å². The average molecular weight is 377 g/mol. The molecule has 0 radical (unpaired) electrons. The molecule has 0 aromatic carbocycles. The number of imidazole rings is 1. The Bertz CT molecular complexity index is 1080. The van der Waals surface area contributed by atoms with Gasteiger partial charge in [-0.2, -0.15) is 0 Å². The number of hydrogen-bond donors (Lipinski definition) is 1. The minimum Gasteiger partial charge on any atom is -0.476 e. The lowest BCUT2D eigenvalue weighted by atomic mass is 10.2. The van der Waals surface area contributed by atoms with Crippen LogP contribution >= 0.6 is 11.3 Å². The SMILES string of the molecule is Cc1nc2c(C(=O)O)nc(-c3cccs3)cc2n1[C@H]1CCS(=O)(=O)C1. The van der Waals surface area contributed by atoms with Crippen LogP contribution in [0.3, 0.4) is 0 Å². The number of hydrogen-bond acceptors (Lipinski definition) is 6. The van der Waals surface area contributed by atoms with Crippen molar-refractivity contribution in [3.05, 3.63) is 35.1 Å². The third-order valence-electron chi connectivity index (χ3n) is 4.40. The molecule has 0 unspecified atom stereocenters. The molecule has 0 amide bonds. The number of sulfone groups is 1. The number of nitrogens with zero attached hydrogens (tertiary/aromatic N) is 3. The van der Waals surface area contributed by atoms with Gasteiger partial charge in [0.15, 0.2) is 15.5 Å². The summed E-state index contributed by atoms with van der Waals surface area (Å²) >= 11 is 1.47. The van der Waals surface area contributed by atoms with Crippen molar-refractivity contribution in [3.8, 4) is 10.6 Å². The van der Waals surface area contributed by atoms with Crippen LogP contribution in [0, 0.1) is 6.92 Å². The Morgan fingerprint density at radius 1 is 1.40 bits per heavy atom. The number of aromatic carboxylic acids is 1. The number of aromatic nitrogens is 3. The lowest BCUT2D eigenvalue weighted by Gasteiger charge is -2.14. The summed E-state index contributed by atoms with van der Waals surface area (Å²) in [5.41, 5.74) is 1.37. The molecule has 1 fully saturated rings. The molecule has 4 rings (SSSR count). The Labute approximate surface area is 147 Å². The lowest BCUT2D eigenvalue weighted by molar-refractivity contribution is 0.0692. The van der Waals surface area contributed by atoms with Crippen molar-refractivity contribution >= 4 is 38.2 Å². The molecule has 1 aliphatic rings. The first-order valence-electron chi connectivity index (χ1n) is 7.73. The van der Waals surface area contributed by atoms with Crippen molar-refractivity contribution in [1.29, 1.82) is 0 Å². The van der Waals surface area contributed by atoms with Crippen LogP contribution < -0.4 is 0 Å². The van der Waals surface area contributed by atoms with E-state index in [0.29, 0.717) is 29.0 Å². The second kappa shape index (κ2) is 5.63. The zero-order valence-electron chi connectivity index (χ0n) is 13.3. The van der Waals surface area contributed by atoms with E-state index < -0.39 is 15.8 Å². The number of carboxylic acid groups (broad SMARTS) is 1. The third-order valence-corrected chi connectivity index (χ3v) is 7.05. The maximum Gasteiger partial charge on any atom is 0.356 e. The van der Waals surface area contributed by atoms with Crippen LogP contribution in [-0.4, -0.2) is 45.5 Å². The minimum absolute atomic E-state index is 0.0539. The van der Waals surface area contributed by atoms with Gasteiger partial charge in [-0.3, -0.25) is 0 Å². The highest BCUT2D eigenvalue weighted by Crippen LogP contribution is 2.33. The van der Waals surface area contributed by atoms with E-state index in [1.807, 2.05) is 22.1 Å². The van der Waals surface area contributed by atoms with Crippen molar-refractivity contribution in [2.75, 3.05) is 11.5 Å². The quantitative estimate of drug-likeness (QED) is 0.752. The smallest absolute Gasteiger partial charge is 0.356 e. The summed E-state index contributed by atoms with van der Waals surface area (Å²) in [5, 5.41) is 11.4. The van der Waals surface area contributed by atoms with E-state index in [4.69, 9.17) is 0 Å². The van der Waals surface area contributed by atoms with E-state index >= 15 is 0 Å². The van der Waals surface area contributed by atoms with Crippen molar-refractivity contribution in [3.63, 3.8) is 0 Å². The fourth-order valence-electron chi connectivity index (χ4n) is 3.35. The number of carbonyl (C=O) groups is 1. The zero-order valence-corrected chi connectivity index (χ0v) is 15.0. The van der Waals surface area contributed by atoms with Gasteiger partial charge in [-0.05, 0) is 30.9 Å². The van der Waals surface area contributed by atoms with E-state index in [1.54, 1.807) is 13.0 Å². The normalized spacial score (nSPS) is 19.5. The standard InChI is InChI=1S/C16H15N3O4S2/c1-9-17-14-12(19(9)10-4-6-25(22,23)8-10)7-11(13-3-2-5-24-13)18-15(14)16(20)21/h2-3,5,7,10H,4,6,8H2,1H3,(H,20,21)/t10-/m0/s1. The van der Waals surface area contributed by atoms with Crippen LogP contribution in [0.5, 0.6) is 0 Å². The van der Waals surface area contributed by atoms with Crippen LogP contribution in [-0.2, 0) is 9.84 Å². The van der Waals surface area contributed by atoms with Crippen LogP contribution in [0.1, 0.15) is 28.8 Å². The molecule has 0 spiro atoms. The number of fused-ring (bicyclic) bond motifs is 1. The summed E-state index contributed by atoms with van der Waals surface area (Å²) < 4.78 is 25.6. The summed E-state index contributed by atoms with van der Waals surface area (Å²) in [6.07, 6.45) is 0.508. The van der Waals surface area contributed by atoms with Gasteiger partial charge in [0.2, 0.25) is 0 Å².